The fourth-order valence-corrected chi connectivity index (χ4v) is 2.85. The van der Waals surface area contributed by atoms with Crippen LogP contribution in [0.25, 0.3) is 5.76 Å². The molecule has 5 heteroatoms. The number of aryl methyl sites for hydroxylation is 1. The molecule has 0 radical (unpaired) electrons. The number of ketones is 1. The molecule has 0 spiro atoms. The molecule has 24 heavy (non-hydrogen) atoms. The number of Topliss-reactive ketones (excluding diaryl/α,β-unsaturated/α-hetero) is 1. The van der Waals surface area contributed by atoms with Crippen molar-refractivity contribution in [3.05, 3.63) is 76.6 Å². The lowest BCUT2D eigenvalue weighted by Gasteiger charge is -2.21. The third-order valence-corrected chi connectivity index (χ3v) is 4.19. The summed E-state index contributed by atoms with van der Waals surface area (Å²) in [6, 6.07) is 11.8. The maximum atomic E-state index is 13.2. The molecule has 0 aromatic heterocycles. The van der Waals surface area contributed by atoms with Crippen LogP contribution in [0.2, 0.25) is 0 Å². The van der Waals surface area contributed by atoms with Gasteiger partial charge in [0.1, 0.15) is 11.6 Å². The molecule has 3 rings (SSSR count). The third-order valence-electron chi connectivity index (χ3n) is 4.19. The van der Waals surface area contributed by atoms with Crippen LogP contribution in [-0.2, 0) is 9.59 Å². The largest absolute Gasteiger partial charge is 0.507 e. The molecule has 0 unspecified atom stereocenters. The van der Waals surface area contributed by atoms with Gasteiger partial charge in [0.05, 0.1) is 11.6 Å². The lowest BCUT2D eigenvalue weighted by molar-refractivity contribution is -0.139. The van der Waals surface area contributed by atoms with Crippen LogP contribution in [0.5, 0.6) is 0 Å². The van der Waals surface area contributed by atoms with Crippen LogP contribution in [0.1, 0.15) is 22.7 Å². The normalized spacial score (nSPS) is 19.8. The first-order chi connectivity index (χ1) is 11.4. The molecule has 1 atom stereocenters. The summed E-state index contributed by atoms with van der Waals surface area (Å²) in [7, 11) is 1.49. The molecule has 1 amide bonds. The lowest BCUT2D eigenvalue weighted by atomic mass is 9.95. The van der Waals surface area contributed by atoms with Gasteiger partial charge in [0.2, 0.25) is 0 Å². The zero-order valence-corrected chi connectivity index (χ0v) is 13.3. The second-order valence-corrected chi connectivity index (χ2v) is 5.83. The molecule has 1 N–H and O–H groups in total. The topological polar surface area (TPSA) is 57.6 Å². The van der Waals surface area contributed by atoms with Gasteiger partial charge in [-0.3, -0.25) is 9.59 Å². The quantitative estimate of drug-likeness (QED) is 0.524. The highest BCUT2D eigenvalue weighted by Crippen LogP contribution is 2.38. The van der Waals surface area contributed by atoms with E-state index >= 15 is 0 Å². The van der Waals surface area contributed by atoms with Crippen molar-refractivity contribution in [1.29, 1.82) is 0 Å². The van der Waals surface area contributed by atoms with Crippen molar-refractivity contribution in [2.45, 2.75) is 13.0 Å². The average molecular weight is 325 g/mol. The smallest absolute Gasteiger partial charge is 0.295 e. The van der Waals surface area contributed by atoms with E-state index in [0.717, 1.165) is 5.56 Å². The van der Waals surface area contributed by atoms with E-state index < -0.39 is 23.5 Å². The summed E-state index contributed by atoms with van der Waals surface area (Å²) in [4.78, 5) is 25.7. The van der Waals surface area contributed by atoms with Crippen molar-refractivity contribution >= 4 is 17.4 Å². The number of amides is 1. The molecule has 122 valence electrons. The Bertz CT molecular complexity index is 838. The van der Waals surface area contributed by atoms with Gasteiger partial charge in [0, 0.05) is 12.6 Å². The van der Waals surface area contributed by atoms with Crippen LogP contribution >= 0.6 is 0 Å². The van der Waals surface area contributed by atoms with Crippen molar-refractivity contribution < 1.29 is 19.1 Å². The number of hydrogen-bond acceptors (Lipinski definition) is 3. The Labute approximate surface area is 138 Å². The van der Waals surface area contributed by atoms with E-state index in [2.05, 4.69) is 0 Å². The maximum Gasteiger partial charge on any atom is 0.295 e. The minimum absolute atomic E-state index is 0.0120. The van der Waals surface area contributed by atoms with Crippen molar-refractivity contribution in [2.75, 3.05) is 7.05 Å². The Morgan fingerprint density at radius 3 is 2.21 bits per heavy atom. The molecular weight excluding hydrogens is 309 g/mol. The number of carbonyl (C=O) groups is 2. The second-order valence-electron chi connectivity index (χ2n) is 5.83. The SMILES string of the molecule is Cc1ccc(/C(O)=C2\C(=O)C(=O)N(C)[C@@H]2c2ccc(F)cc2)cc1. The number of rotatable bonds is 2. The number of nitrogens with zero attached hydrogens (tertiary/aromatic N) is 1. The maximum absolute atomic E-state index is 13.2. The number of aliphatic hydroxyl groups excluding tert-OH is 1. The molecule has 2 aromatic rings. The molecule has 1 fully saturated rings. The highest BCUT2D eigenvalue weighted by Gasteiger charge is 2.44. The summed E-state index contributed by atoms with van der Waals surface area (Å²) in [6.07, 6.45) is 0. The summed E-state index contributed by atoms with van der Waals surface area (Å²) in [5.74, 6) is -2.08. The Kier molecular flexibility index (Phi) is 3.93. The first kappa shape index (κ1) is 15.9. The third kappa shape index (κ3) is 2.58. The molecule has 1 aliphatic heterocycles. The van der Waals surface area contributed by atoms with Gasteiger partial charge in [0.15, 0.2) is 0 Å². The zero-order chi connectivity index (χ0) is 17.4. The summed E-state index contributed by atoms with van der Waals surface area (Å²) in [5.41, 5.74) is 2.04. The van der Waals surface area contributed by atoms with Crippen molar-refractivity contribution in [2.24, 2.45) is 0 Å². The summed E-state index contributed by atoms with van der Waals surface area (Å²) in [6.45, 7) is 1.91. The summed E-state index contributed by atoms with van der Waals surface area (Å²) in [5, 5.41) is 10.6. The Morgan fingerprint density at radius 1 is 1.04 bits per heavy atom. The van der Waals surface area contributed by atoms with Crippen LogP contribution in [0.4, 0.5) is 4.39 Å². The Hall–Kier alpha value is -2.95. The van der Waals surface area contributed by atoms with Crippen LogP contribution in [0, 0.1) is 12.7 Å². The molecule has 2 aromatic carbocycles. The number of benzene rings is 2. The van der Waals surface area contributed by atoms with Gasteiger partial charge in [-0.05, 0) is 24.6 Å². The van der Waals surface area contributed by atoms with Gasteiger partial charge < -0.3 is 10.0 Å². The van der Waals surface area contributed by atoms with E-state index in [9.17, 15) is 19.1 Å². The van der Waals surface area contributed by atoms with E-state index in [1.54, 1.807) is 12.1 Å². The molecular formula is C19H16FNO3. The van der Waals surface area contributed by atoms with Crippen LogP contribution < -0.4 is 0 Å². The van der Waals surface area contributed by atoms with Gasteiger partial charge >= 0.3 is 0 Å². The van der Waals surface area contributed by atoms with Crippen molar-refractivity contribution in [3.63, 3.8) is 0 Å². The standard InChI is InChI=1S/C19H16FNO3/c1-11-3-5-13(6-4-11)17(22)15-16(21(2)19(24)18(15)23)12-7-9-14(20)10-8-12/h3-10,16,22H,1-2H3/b17-15+/t16-/m1/s1. The predicted molar refractivity (Wildman–Crippen MR) is 87.6 cm³/mol. The van der Waals surface area contributed by atoms with Crippen LogP contribution in [0.15, 0.2) is 54.1 Å². The number of likely N-dealkylation sites (N-methyl/N-ethyl adjacent to an activating group) is 1. The molecule has 1 aliphatic rings. The molecule has 0 saturated carbocycles. The van der Waals surface area contributed by atoms with Crippen molar-refractivity contribution in [3.8, 4) is 0 Å². The first-order valence-corrected chi connectivity index (χ1v) is 7.47. The minimum atomic E-state index is -0.745. The van der Waals surface area contributed by atoms with Crippen LogP contribution in [0.3, 0.4) is 0 Å². The number of carbonyl (C=O) groups excluding carboxylic acids is 2. The monoisotopic (exact) mass is 325 g/mol. The van der Waals surface area contributed by atoms with E-state index in [1.807, 2.05) is 19.1 Å². The van der Waals surface area contributed by atoms with Gasteiger partial charge in [-0.15, -0.1) is 0 Å². The van der Waals surface area contributed by atoms with Crippen LogP contribution in [-0.4, -0.2) is 28.7 Å². The Balaban J connectivity index is 2.16. The number of halogens is 1. The van der Waals surface area contributed by atoms with Crippen molar-refractivity contribution in [1.82, 2.24) is 4.90 Å². The van der Waals surface area contributed by atoms with E-state index in [4.69, 9.17) is 0 Å². The zero-order valence-electron chi connectivity index (χ0n) is 13.3. The van der Waals surface area contributed by atoms with E-state index in [-0.39, 0.29) is 11.3 Å². The van der Waals surface area contributed by atoms with Gasteiger partial charge in [-0.25, -0.2) is 4.39 Å². The van der Waals surface area contributed by atoms with E-state index in [1.165, 1.54) is 36.2 Å². The molecule has 0 bridgehead atoms. The summed E-state index contributed by atoms with van der Waals surface area (Å²) >= 11 is 0. The summed E-state index contributed by atoms with van der Waals surface area (Å²) < 4.78 is 13.2. The number of likely N-dealkylation sites (tertiary alicyclic amines) is 1. The minimum Gasteiger partial charge on any atom is -0.507 e. The lowest BCUT2D eigenvalue weighted by Crippen LogP contribution is -2.24. The molecule has 4 nitrogen and oxygen atoms in total. The number of hydrogen-bond donors (Lipinski definition) is 1. The van der Waals surface area contributed by atoms with Gasteiger partial charge in [-0.1, -0.05) is 42.0 Å². The average Bonchev–Trinajstić information content (AvgIpc) is 2.80. The van der Waals surface area contributed by atoms with Gasteiger partial charge in [0.25, 0.3) is 11.7 Å². The fraction of sp³-hybridized carbons (Fsp3) is 0.158. The number of aliphatic hydroxyl groups is 1. The first-order valence-electron chi connectivity index (χ1n) is 7.47. The molecule has 1 heterocycles. The molecule has 1 saturated heterocycles. The highest BCUT2D eigenvalue weighted by atomic mass is 19.1. The molecule has 0 aliphatic carbocycles. The highest BCUT2D eigenvalue weighted by molar-refractivity contribution is 6.46. The fourth-order valence-electron chi connectivity index (χ4n) is 2.85. The second kappa shape index (κ2) is 5.92. The predicted octanol–water partition coefficient (Wildman–Crippen LogP) is 3.19. The van der Waals surface area contributed by atoms with E-state index in [0.29, 0.717) is 11.1 Å². The van der Waals surface area contributed by atoms with Gasteiger partial charge in [-0.2, -0.15) is 0 Å². The Morgan fingerprint density at radius 2 is 1.62 bits per heavy atom.